The van der Waals surface area contributed by atoms with Crippen LogP contribution in [0.15, 0.2) is 11.6 Å². The molecule has 0 aliphatic heterocycles. The van der Waals surface area contributed by atoms with Gasteiger partial charge >= 0.3 is 0 Å². The van der Waals surface area contributed by atoms with Gasteiger partial charge in [0.1, 0.15) is 12.6 Å². The molecule has 2 nitrogen and oxygen atoms in total. The van der Waals surface area contributed by atoms with Crippen LogP contribution >= 0.6 is 0 Å². The molecule has 0 N–H and O–H groups in total. The highest BCUT2D eigenvalue weighted by molar-refractivity contribution is 5.81. The van der Waals surface area contributed by atoms with Crippen molar-refractivity contribution in [3.63, 3.8) is 0 Å². The molecule has 1 aliphatic carbocycles. The first-order chi connectivity index (χ1) is 4.88. The molecule has 0 spiro atoms. The van der Waals surface area contributed by atoms with Crippen molar-refractivity contribution in [3.05, 3.63) is 11.6 Å². The van der Waals surface area contributed by atoms with Crippen LogP contribution in [0.25, 0.3) is 0 Å². The highest BCUT2D eigenvalue weighted by atomic mass is 16.1. The molecule has 1 atom stereocenters. The number of carbonyl (C=O) groups excluding carboxylic acids is 2. The second kappa shape index (κ2) is 3.30. The zero-order valence-electron chi connectivity index (χ0n) is 5.75. The van der Waals surface area contributed by atoms with Crippen LogP contribution in [0.1, 0.15) is 19.3 Å². The highest BCUT2D eigenvalue weighted by Gasteiger charge is 2.15. The van der Waals surface area contributed by atoms with Crippen LogP contribution in [-0.2, 0) is 9.59 Å². The fourth-order valence-corrected chi connectivity index (χ4v) is 1.21. The molecule has 0 unspecified atom stereocenters. The Morgan fingerprint density at radius 1 is 1.50 bits per heavy atom. The molecule has 0 amide bonds. The molecular formula is C8H10O2. The SMILES string of the molecule is O=CC1=CCCC[C@H]1C=O. The normalized spacial score (nSPS) is 25.2. The van der Waals surface area contributed by atoms with Crippen molar-refractivity contribution in [1.29, 1.82) is 0 Å². The van der Waals surface area contributed by atoms with Gasteiger partial charge in [0.15, 0.2) is 0 Å². The molecule has 1 rings (SSSR count). The van der Waals surface area contributed by atoms with E-state index >= 15 is 0 Å². The first kappa shape index (κ1) is 7.19. The lowest BCUT2D eigenvalue weighted by Gasteiger charge is -2.13. The summed E-state index contributed by atoms with van der Waals surface area (Å²) in [5, 5.41) is 0. The number of aldehydes is 2. The predicted octanol–water partition coefficient (Wildman–Crippen LogP) is 1.11. The minimum atomic E-state index is -0.119. The van der Waals surface area contributed by atoms with E-state index in [4.69, 9.17) is 0 Å². The highest BCUT2D eigenvalue weighted by Crippen LogP contribution is 2.20. The van der Waals surface area contributed by atoms with E-state index in [1.54, 1.807) is 0 Å². The standard InChI is InChI=1S/C8H10O2/c9-5-7-3-1-2-4-8(7)6-10/h3,5-6,8H,1-2,4H2/t8-/m0/s1. The Labute approximate surface area is 59.9 Å². The average Bonchev–Trinajstić information content (AvgIpc) is 2.04. The molecular weight excluding hydrogens is 128 g/mol. The number of rotatable bonds is 2. The van der Waals surface area contributed by atoms with Gasteiger partial charge in [-0.15, -0.1) is 0 Å². The van der Waals surface area contributed by atoms with E-state index in [9.17, 15) is 9.59 Å². The molecule has 0 radical (unpaired) electrons. The summed E-state index contributed by atoms with van der Waals surface area (Å²) in [6, 6.07) is 0. The maximum Gasteiger partial charge on any atom is 0.146 e. The number of allylic oxidation sites excluding steroid dienone is 2. The van der Waals surface area contributed by atoms with E-state index in [0.29, 0.717) is 5.57 Å². The Bertz CT molecular complexity index is 170. The predicted molar refractivity (Wildman–Crippen MR) is 37.6 cm³/mol. The van der Waals surface area contributed by atoms with Gasteiger partial charge in [-0.2, -0.15) is 0 Å². The summed E-state index contributed by atoms with van der Waals surface area (Å²) in [6.07, 6.45) is 6.32. The third kappa shape index (κ3) is 1.32. The fourth-order valence-electron chi connectivity index (χ4n) is 1.21. The molecule has 0 saturated heterocycles. The number of hydrogen-bond acceptors (Lipinski definition) is 2. The monoisotopic (exact) mass is 138 g/mol. The Hall–Kier alpha value is -0.920. The lowest BCUT2D eigenvalue weighted by molar-refractivity contribution is -0.112. The van der Waals surface area contributed by atoms with Gasteiger partial charge in [-0.1, -0.05) is 6.08 Å². The average molecular weight is 138 g/mol. The van der Waals surface area contributed by atoms with Crippen molar-refractivity contribution in [2.45, 2.75) is 19.3 Å². The van der Waals surface area contributed by atoms with Gasteiger partial charge in [0, 0.05) is 5.92 Å². The summed E-state index contributed by atoms with van der Waals surface area (Å²) in [4.78, 5) is 20.6. The molecule has 0 aromatic carbocycles. The molecule has 0 aromatic rings. The summed E-state index contributed by atoms with van der Waals surface area (Å²) in [7, 11) is 0. The van der Waals surface area contributed by atoms with Gasteiger partial charge in [0.2, 0.25) is 0 Å². The van der Waals surface area contributed by atoms with Crippen molar-refractivity contribution in [3.8, 4) is 0 Å². The molecule has 54 valence electrons. The van der Waals surface area contributed by atoms with E-state index in [2.05, 4.69) is 0 Å². The molecule has 2 heteroatoms. The van der Waals surface area contributed by atoms with Gasteiger partial charge in [0.05, 0.1) is 0 Å². The topological polar surface area (TPSA) is 34.1 Å². The smallest absolute Gasteiger partial charge is 0.146 e. The van der Waals surface area contributed by atoms with Crippen LogP contribution in [0.3, 0.4) is 0 Å². The van der Waals surface area contributed by atoms with Crippen molar-refractivity contribution < 1.29 is 9.59 Å². The molecule has 0 aromatic heterocycles. The Kier molecular flexibility index (Phi) is 2.37. The minimum Gasteiger partial charge on any atom is -0.303 e. The van der Waals surface area contributed by atoms with Crippen LogP contribution in [0.5, 0.6) is 0 Å². The Balaban J connectivity index is 2.71. The van der Waals surface area contributed by atoms with Crippen molar-refractivity contribution in [2.75, 3.05) is 0 Å². The molecule has 10 heavy (non-hydrogen) atoms. The van der Waals surface area contributed by atoms with E-state index in [1.165, 1.54) is 0 Å². The Morgan fingerprint density at radius 2 is 2.30 bits per heavy atom. The molecule has 0 fully saturated rings. The quantitative estimate of drug-likeness (QED) is 0.535. The fraction of sp³-hybridized carbons (Fsp3) is 0.500. The number of carbonyl (C=O) groups is 2. The maximum atomic E-state index is 10.3. The zero-order chi connectivity index (χ0) is 7.40. The third-order valence-corrected chi connectivity index (χ3v) is 1.83. The van der Waals surface area contributed by atoms with E-state index in [1.807, 2.05) is 6.08 Å². The molecule has 1 aliphatic rings. The molecule has 0 heterocycles. The first-order valence-corrected chi connectivity index (χ1v) is 3.49. The largest absolute Gasteiger partial charge is 0.303 e. The van der Waals surface area contributed by atoms with E-state index in [0.717, 1.165) is 31.8 Å². The van der Waals surface area contributed by atoms with Crippen LogP contribution in [-0.4, -0.2) is 12.6 Å². The summed E-state index contributed by atoms with van der Waals surface area (Å²) >= 11 is 0. The van der Waals surface area contributed by atoms with Crippen molar-refractivity contribution >= 4 is 12.6 Å². The summed E-state index contributed by atoms with van der Waals surface area (Å²) in [5.74, 6) is -0.119. The third-order valence-electron chi connectivity index (χ3n) is 1.83. The van der Waals surface area contributed by atoms with Gasteiger partial charge < -0.3 is 4.79 Å². The lowest BCUT2D eigenvalue weighted by atomic mass is 9.90. The summed E-state index contributed by atoms with van der Waals surface area (Å²) in [5.41, 5.74) is 0.668. The van der Waals surface area contributed by atoms with Crippen LogP contribution in [0.2, 0.25) is 0 Å². The van der Waals surface area contributed by atoms with Gasteiger partial charge in [-0.3, -0.25) is 4.79 Å². The van der Waals surface area contributed by atoms with Crippen molar-refractivity contribution in [1.82, 2.24) is 0 Å². The summed E-state index contributed by atoms with van der Waals surface area (Å²) in [6.45, 7) is 0. The Morgan fingerprint density at radius 3 is 2.80 bits per heavy atom. The van der Waals surface area contributed by atoms with Crippen molar-refractivity contribution in [2.24, 2.45) is 5.92 Å². The minimum absolute atomic E-state index is 0.119. The molecule has 0 bridgehead atoms. The second-order valence-corrected chi connectivity index (χ2v) is 2.50. The second-order valence-electron chi connectivity index (χ2n) is 2.50. The van der Waals surface area contributed by atoms with Gasteiger partial charge in [-0.05, 0) is 24.8 Å². The molecule has 0 saturated carbocycles. The van der Waals surface area contributed by atoms with E-state index in [-0.39, 0.29) is 5.92 Å². The summed E-state index contributed by atoms with van der Waals surface area (Å²) < 4.78 is 0. The van der Waals surface area contributed by atoms with E-state index < -0.39 is 0 Å². The zero-order valence-corrected chi connectivity index (χ0v) is 5.75. The number of hydrogen-bond donors (Lipinski definition) is 0. The van der Waals surface area contributed by atoms with Gasteiger partial charge in [-0.25, -0.2) is 0 Å². The lowest BCUT2D eigenvalue weighted by Crippen LogP contribution is -2.10. The van der Waals surface area contributed by atoms with Crippen LogP contribution < -0.4 is 0 Å². The first-order valence-electron chi connectivity index (χ1n) is 3.49. The van der Waals surface area contributed by atoms with Crippen LogP contribution in [0.4, 0.5) is 0 Å². The maximum absolute atomic E-state index is 10.3. The van der Waals surface area contributed by atoms with Crippen LogP contribution in [0, 0.1) is 5.92 Å². The van der Waals surface area contributed by atoms with Gasteiger partial charge in [0.25, 0.3) is 0 Å².